The van der Waals surface area contributed by atoms with Crippen LogP contribution in [0.4, 0.5) is 5.95 Å². The number of rotatable bonds is 7. The molecule has 2 aromatic heterocycles. The molecule has 8 heteroatoms. The predicted octanol–water partition coefficient (Wildman–Crippen LogP) is 4.84. The second-order valence-corrected chi connectivity index (χ2v) is 9.09. The van der Waals surface area contributed by atoms with Crippen molar-refractivity contribution < 1.29 is 4.79 Å². The van der Waals surface area contributed by atoms with E-state index in [2.05, 4.69) is 22.0 Å². The van der Waals surface area contributed by atoms with Gasteiger partial charge in [-0.15, -0.1) is 0 Å². The predicted molar refractivity (Wildman–Crippen MR) is 126 cm³/mol. The van der Waals surface area contributed by atoms with Crippen molar-refractivity contribution in [3.8, 4) is 0 Å². The summed E-state index contributed by atoms with van der Waals surface area (Å²) in [5.41, 5.74) is 2.20. The highest BCUT2D eigenvalue weighted by molar-refractivity contribution is 6.30. The van der Waals surface area contributed by atoms with Gasteiger partial charge < -0.3 is 0 Å². The number of anilines is 1. The third-order valence-electron chi connectivity index (χ3n) is 6.29. The number of carbonyl (C=O) groups excluding carboxylic acids is 1. The molecule has 2 heterocycles. The molecule has 1 N–H and O–H groups in total. The average Bonchev–Trinajstić information content (AvgIpc) is 3.22. The number of hydrogen-bond acceptors (Lipinski definition) is 4. The maximum absolute atomic E-state index is 13.5. The van der Waals surface area contributed by atoms with E-state index in [0.29, 0.717) is 41.0 Å². The van der Waals surface area contributed by atoms with Gasteiger partial charge >= 0.3 is 0 Å². The molecule has 3 aromatic rings. The van der Waals surface area contributed by atoms with E-state index in [9.17, 15) is 9.59 Å². The van der Waals surface area contributed by atoms with Crippen LogP contribution in [0.5, 0.6) is 0 Å². The fourth-order valence-corrected chi connectivity index (χ4v) is 4.53. The van der Waals surface area contributed by atoms with Gasteiger partial charge in [0.15, 0.2) is 0 Å². The molecular weight excluding hydrogens is 426 g/mol. The summed E-state index contributed by atoms with van der Waals surface area (Å²) in [6.45, 7) is 4.29. The zero-order valence-electron chi connectivity index (χ0n) is 18.7. The highest BCUT2D eigenvalue weighted by Gasteiger charge is 2.29. The molecule has 1 amide bonds. The Labute approximate surface area is 192 Å². The van der Waals surface area contributed by atoms with Gasteiger partial charge in [-0.2, -0.15) is 9.50 Å². The average molecular weight is 456 g/mol. The first-order valence-corrected chi connectivity index (χ1v) is 11.9. The number of aromatic nitrogens is 4. The van der Waals surface area contributed by atoms with Crippen LogP contribution in [-0.4, -0.2) is 25.5 Å². The van der Waals surface area contributed by atoms with Crippen molar-refractivity contribution in [2.24, 2.45) is 5.92 Å². The van der Waals surface area contributed by atoms with Gasteiger partial charge in [0.1, 0.15) is 0 Å². The maximum atomic E-state index is 13.5. The number of amides is 1. The van der Waals surface area contributed by atoms with Gasteiger partial charge in [0, 0.05) is 16.5 Å². The zero-order valence-corrected chi connectivity index (χ0v) is 19.5. The van der Waals surface area contributed by atoms with Crippen LogP contribution in [-0.2, 0) is 17.8 Å². The fraction of sp³-hybridized carbons (Fsp3) is 0.500. The lowest BCUT2D eigenvalue weighted by Crippen LogP contribution is -2.37. The molecular formula is C24H30ClN5O2. The molecule has 1 aliphatic carbocycles. The van der Waals surface area contributed by atoms with Gasteiger partial charge in [0.25, 0.3) is 11.3 Å². The number of carbonyl (C=O) groups is 1. The molecule has 0 radical (unpaired) electrons. The van der Waals surface area contributed by atoms with Crippen molar-refractivity contribution in [2.75, 3.05) is 4.90 Å². The number of aromatic amines is 1. The molecule has 0 aliphatic heterocycles. The summed E-state index contributed by atoms with van der Waals surface area (Å²) in [5.74, 6) is 0.651. The van der Waals surface area contributed by atoms with E-state index >= 15 is 0 Å². The monoisotopic (exact) mass is 455 g/mol. The Bertz CT molecular complexity index is 1150. The Morgan fingerprint density at radius 2 is 1.91 bits per heavy atom. The fourth-order valence-electron chi connectivity index (χ4n) is 4.41. The molecule has 32 heavy (non-hydrogen) atoms. The first-order chi connectivity index (χ1) is 15.5. The normalized spacial score (nSPS) is 14.7. The van der Waals surface area contributed by atoms with E-state index < -0.39 is 0 Å². The molecule has 1 saturated carbocycles. The van der Waals surface area contributed by atoms with Gasteiger partial charge in [-0.25, -0.2) is 4.98 Å². The van der Waals surface area contributed by atoms with Crippen LogP contribution in [0.2, 0.25) is 5.02 Å². The quantitative estimate of drug-likeness (QED) is 0.552. The number of nitrogens with one attached hydrogen (secondary N) is 1. The first-order valence-electron chi connectivity index (χ1n) is 11.5. The number of halogens is 1. The topological polar surface area (TPSA) is 83.4 Å². The smallest absolute Gasteiger partial charge is 0.276 e. The summed E-state index contributed by atoms with van der Waals surface area (Å²) >= 11 is 6.04. The number of nitrogens with zero attached hydrogens (tertiary/aromatic N) is 4. The Kier molecular flexibility index (Phi) is 6.94. The third-order valence-corrected chi connectivity index (χ3v) is 6.55. The molecule has 0 spiro atoms. The molecule has 0 saturated heterocycles. The van der Waals surface area contributed by atoms with Gasteiger partial charge in [-0.1, -0.05) is 56.3 Å². The van der Waals surface area contributed by atoms with E-state index in [4.69, 9.17) is 11.6 Å². The molecule has 170 valence electrons. The van der Waals surface area contributed by atoms with Crippen LogP contribution >= 0.6 is 11.6 Å². The standard InChI is InChI=1S/C24H30ClN5O2/c1-3-4-10-20-16(2)26-23-27-24(28-30(23)22(20)32)29(15-17-11-13-19(25)14-12-17)21(31)18-8-6-5-7-9-18/h11-14,18H,3-10,15H2,1-2H3,(H,26,27,28). The minimum absolute atomic E-state index is 0.0317. The lowest BCUT2D eigenvalue weighted by Gasteiger charge is -2.27. The number of aryl methyl sites for hydroxylation is 1. The lowest BCUT2D eigenvalue weighted by molar-refractivity contribution is -0.123. The van der Waals surface area contributed by atoms with Crippen molar-refractivity contribution in [1.29, 1.82) is 0 Å². The van der Waals surface area contributed by atoms with E-state index in [1.165, 1.54) is 10.9 Å². The second kappa shape index (κ2) is 9.86. The summed E-state index contributed by atoms with van der Waals surface area (Å²) in [6.07, 6.45) is 7.67. The number of H-pyrrole nitrogens is 1. The van der Waals surface area contributed by atoms with Crippen molar-refractivity contribution in [3.63, 3.8) is 0 Å². The maximum Gasteiger partial charge on any atom is 0.277 e. The minimum Gasteiger partial charge on any atom is -0.276 e. The number of hydrogen-bond donors (Lipinski definition) is 1. The summed E-state index contributed by atoms with van der Waals surface area (Å²) in [5, 5.41) is 3.72. The Hall–Kier alpha value is -2.67. The lowest BCUT2D eigenvalue weighted by atomic mass is 9.88. The second-order valence-electron chi connectivity index (χ2n) is 8.65. The summed E-state index contributed by atoms with van der Waals surface area (Å²) < 4.78 is 1.37. The summed E-state index contributed by atoms with van der Waals surface area (Å²) in [6, 6.07) is 7.44. The largest absolute Gasteiger partial charge is 0.277 e. The van der Waals surface area contributed by atoms with Crippen molar-refractivity contribution in [2.45, 2.75) is 71.8 Å². The number of fused-ring (bicyclic) bond motifs is 1. The Morgan fingerprint density at radius 1 is 1.19 bits per heavy atom. The SMILES string of the molecule is CCCCc1c(C)nc2nc(N(Cc3ccc(Cl)cc3)C(=O)C3CCCCC3)[nH]n2c1=O. The molecule has 1 aromatic carbocycles. The summed E-state index contributed by atoms with van der Waals surface area (Å²) in [4.78, 5) is 37.4. The molecule has 4 rings (SSSR count). The molecule has 1 fully saturated rings. The van der Waals surface area contributed by atoms with Gasteiger partial charge in [-0.3, -0.25) is 19.6 Å². The van der Waals surface area contributed by atoms with Crippen molar-refractivity contribution in [3.05, 3.63) is 56.5 Å². The highest BCUT2D eigenvalue weighted by Crippen LogP contribution is 2.28. The zero-order chi connectivity index (χ0) is 22.7. The van der Waals surface area contributed by atoms with Crippen LogP contribution in [0.15, 0.2) is 29.1 Å². The van der Waals surface area contributed by atoms with E-state index in [0.717, 1.165) is 44.1 Å². The Morgan fingerprint density at radius 3 is 2.59 bits per heavy atom. The van der Waals surface area contributed by atoms with Gasteiger partial charge in [0.2, 0.25) is 11.9 Å². The summed E-state index contributed by atoms with van der Waals surface area (Å²) in [7, 11) is 0. The van der Waals surface area contributed by atoms with Crippen LogP contribution in [0, 0.1) is 12.8 Å². The van der Waals surface area contributed by atoms with Crippen LogP contribution in [0.3, 0.4) is 0 Å². The van der Waals surface area contributed by atoms with Crippen molar-refractivity contribution >= 4 is 29.2 Å². The van der Waals surface area contributed by atoms with Crippen LogP contribution in [0.25, 0.3) is 5.78 Å². The molecule has 1 aliphatic rings. The molecule has 0 atom stereocenters. The van der Waals surface area contributed by atoms with Gasteiger partial charge in [-0.05, 0) is 50.3 Å². The van der Waals surface area contributed by atoms with E-state index in [-0.39, 0.29) is 17.4 Å². The minimum atomic E-state index is -0.142. The number of benzene rings is 1. The first kappa shape index (κ1) is 22.5. The molecule has 7 nitrogen and oxygen atoms in total. The number of unbranched alkanes of at least 4 members (excludes halogenated alkanes) is 1. The van der Waals surface area contributed by atoms with Gasteiger partial charge in [0.05, 0.1) is 12.2 Å². The molecule has 0 bridgehead atoms. The van der Waals surface area contributed by atoms with Crippen LogP contribution < -0.4 is 10.5 Å². The van der Waals surface area contributed by atoms with E-state index in [1.807, 2.05) is 31.2 Å². The highest BCUT2D eigenvalue weighted by atomic mass is 35.5. The Balaban J connectivity index is 1.73. The third kappa shape index (κ3) is 4.72. The van der Waals surface area contributed by atoms with Crippen LogP contribution in [0.1, 0.15) is 68.7 Å². The molecule has 0 unspecified atom stereocenters. The van der Waals surface area contributed by atoms with E-state index in [1.54, 1.807) is 4.90 Å². The van der Waals surface area contributed by atoms with Crippen molar-refractivity contribution in [1.82, 2.24) is 19.6 Å².